The van der Waals surface area contributed by atoms with Crippen LogP contribution in [-0.4, -0.2) is 48.3 Å². The zero-order valence-corrected chi connectivity index (χ0v) is 16.3. The fourth-order valence-corrected chi connectivity index (χ4v) is 7.31. The van der Waals surface area contributed by atoms with Crippen LogP contribution in [0, 0.1) is 35.0 Å². The van der Waals surface area contributed by atoms with E-state index in [1.54, 1.807) is 0 Å². The van der Waals surface area contributed by atoms with Crippen molar-refractivity contribution in [3.8, 4) is 0 Å². The van der Waals surface area contributed by atoms with Gasteiger partial charge in [-0.15, -0.1) is 0 Å². The molecule has 6 fully saturated rings. The highest BCUT2D eigenvalue weighted by molar-refractivity contribution is 5.82. The Kier molecular flexibility index (Phi) is 4.09. The van der Waals surface area contributed by atoms with E-state index in [-0.39, 0.29) is 5.92 Å². The van der Waals surface area contributed by atoms with Crippen LogP contribution in [0.1, 0.15) is 64.2 Å². The lowest BCUT2D eigenvalue weighted by Gasteiger charge is -2.57. The molecule has 6 rings (SSSR count). The Bertz CT molecular complexity index is 554. The van der Waals surface area contributed by atoms with Crippen molar-refractivity contribution in [2.24, 2.45) is 35.0 Å². The third-order valence-electron chi connectivity index (χ3n) is 8.20. The van der Waals surface area contributed by atoms with Gasteiger partial charge in [0, 0.05) is 38.5 Å². The van der Waals surface area contributed by atoms with E-state index in [0.29, 0.717) is 23.1 Å². The van der Waals surface area contributed by atoms with Gasteiger partial charge in [-0.05, 0) is 87.4 Å². The van der Waals surface area contributed by atoms with E-state index in [9.17, 15) is 9.59 Å². The van der Waals surface area contributed by atoms with Gasteiger partial charge >= 0.3 is 0 Å². The largest absolute Gasteiger partial charge is 0.345 e. The van der Waals surface area contributed by atoms with Crippen molar-refractivity contribution in [2.45, 2.75) is 64.2 Å². The molecule has 0 spiro atoms. The summed E-state index contributed by atoms with van der Waals surface area (Å²) in [5.74, 6) is 3.97. The molecule has 5 saturated carbocycles. The molecule has 6 aliphatic rings. The molecule has 5 aliphatic carbocycles. The third-order valence-corrected chi connectivity index (χ3v) is 8.20. The molecule has 0 radical (unpaired) electrons. The van der Waals surface area contributed by atoms with Gasteiger partial charge in [0.25, 0.3) is 0 Å². The molecule has 0 N–H and O–H groups in total. The molecular weight excluding hydrogens is 324 g/mol. The molecule has 4 bridgehead atoms. The lowest BCUT2D eigenvalue weighted by atomic mass is 9.49. The highest BCUT2D eigenvalue weighted by Gasteiger charge is 2.51. The van der Waals surface area contributed by atoms with Gasteiger partial charge in [0.15, 0.2) is 0 Å². The van der Waals surface area contributed by atoms with Crippen molar-refractivity contribution in [3.63, 3.8) is 0 Å². The molecule has 0 aromatic carbocycles. The van der Waals surface area contributed by atoms with Gasteiger partial charge in [0.2, 0.25) is 11.8 Å². The van der Waals surface area contributed by atoms with Crippen LogP contribution in [0.15, 0.2) is 0 Å². The Morgan fingerprint density at radius 3 is 1.92 bits per heavy atom. The zero-order chi connectivity index (χ0) is 17.9. The quantitative estimate of drug-likeness (QED) is 0.773. The summed E-state index contributed by atoms with van der Waals surface area (Å²) in [6.45, 7) is 2.56. The summed E-state index contributed by atoms with van der Waals surface area (Å²) in [6, 6.07) is 0. The molecule has 1 heterocycles. The maximum Gasteiger partial charge on any atom is 0.225 e. The number of hydrogen-bond acceptors (Lipinski definition) is 2. The number of hydrogen-bond donors (Lipinski definition) is 0. The van der Waals surface area contributed by atoms with Crippen LogP contribution in [0.4, 0.5) is 0 Å². The summed E-state index contributed by atoms with van der Waals surface area (Å²) < 4.78 is 0. The molecule has 2 amide bonds. The van der Waals surface area contributed by atoms with E-state index in [2.05, 4.69) is 4.90 Å². The highest BCUT2D eigenvalue weighted by Crippen LogP contribution is 2.60. The van der Waals surface area contributed by atoms with Crippen molar-refractivity contribution < 1.29 is 9.59 Å². The van der Waals surface area contributed by atoms with Crippen LogP contribution in [-0.2, 0) is 9.59 Å². The fourth-order valence-electron chi connectivity index (χ4n) is 7.31. The summed E-state index contributed by atoms with van der Waals surface area (Å²) >= 11 is 0. The second-order valence-electron chi connectivity index (χ2n) is 10.5. The normalized spacial score (nSPS) is 39.3. The SMILES string of the molecule is CN(CC12CC3CC(CC(C3)C1)C2)C(=O)C1CCN(C(=O)C2CC2)CC1. The predicted molar refractivity (Wildman–Crippen MR) is 100 cm³/mol. The first-order chi connectivity index (χ1) is 12.5. The predicted octanol–water partition coefficient (Wildman–Crippen LogP) is 3.31. The summed E-state index contributed by atoms with van der Waals surface area (Å²) in [7, 11) is 2.04. The Morgan fingerprint density at radius 1 is 0.885 bits per heavy atom. The van der Waals surface area contributed by atoms with Crippen LogP contribution in [0.2, 0.25) is 0 Å². The van der Waals surface area contributed by atoms with Crippen molar-refractivity contribution in [3.05, 3.63) is 0 Å². The number of carbonyl (C=O) groups excluding carboxylic acids is 2. The molecule has 1 saturated heterocycles. The molecule has 0 aromatic heterocycles. The molecule has 0 unspecified atom stereocenters. The Balaban J connectivity index is 1.17. The van der Waals surface area contributed by atoms with Gasteiger partial charge in [-0.2, -0.15) is 0 Å². The molecule has 26 heavy (non-hydrogen) atoms. The monoisotopic (exact) mass is 358 g/mol. The minimum Gasteiger partial charge on any atom is -0.345 e. The van der Waals surface area contributed by atoms with Crippen LogP contribution in [0.25, 0.3) is 0 Å². The van der Waals surface area contributed by atoms with Crippen LogP contribution in [0.3, 0.4) is 0 Å². The van der Waals surface area contributed by atoms with Crippen molar-refractivity contribution in [1.82, 2.24) is 9.80 Å². The van der Waals surface area contributed by atoms with Crippen LogP contribution in [0.5, 0.6) is 0 Å². The average Bonchev–Trinajstić information content (AvgIpc) is 3.44. The first kappa shape index (κ1) is 17.1. The Hall–Kier alpha value is -1.06. The zero-order valence-electron chi connectivity index (χ0n) is 16.3. The first-order valence-electron chi connectivity index (χ1n) is 11.1. The average molecular weight is 359 g/mol. The summed E-state index contributed by atoms with van der Waals surface area (Å²) in [6.07, 6.45) is 12.4. The van der Waals surface area contributed by atoms with Gasteiger partial charge in [0.05, 0.1) is 0 Å². The van der Waals surface area contributed by atoms with Crippen molar-refractivity contribution >= 4 is 11.8 Å². The molecule has 0 aromatic rings. The Morgan fingerprint density at radius 2 is 1.42 bits per heavy atom. The van der Waals surface area contributed by atoms with Gasteiger partial charge in [-0.25, -0.2) is 0 Å². The van der Waals surface area contributed by atoms with E-state index in [1.807, 2.05) is 11.9 Å². The van der Waals surface area contributed by atoms with Gasteiger partial charge in [0.1, 0.15) is 0 Å². The van der Waals surface area contributed by atoms with Gasteiger partial charge < -0.3 is 9.80 Å². The van der Waals surface area contributed by atoms with Crippen molar-refractivity contribution in [1.29, 1.82) is 0 Å². The van der Waals surface area contributed by atoms with Crippen LogP contribution >= 0.6 is 0 Å². The number of rotatable bonds is 4. The molecule has 144 valence electrons. The van der Waals surface area contributed by atoms with E-state index in [0.717, 1.165) is 63.1 Å². The Labute approximate surface area is 157 Å². The minimum absolute atomic E-state index is 0.136. The molecule has 1 aliphatic heterocycles. The van der Waals surface area contributed by atoms with E-state index < -0.39 is 0 Å². The van der Waals surface area contributed by atoms with Gasteiger partial charge in [-0.1, -0.05) is 0 Å². The molecule has 4 nitrogen and oxygen atoms in total. The third kappa shape index (κ3) is 3.07. The highest BCUT2D eigenvalue weighted by atomic mass is 16.2. The van der Waals surface area contributed by atoms with E-state index in [4.69, 9.17) is 0 Å². The number of amides is 2. The molecular formula is C22H34N2O2. The number of piperidine rings is 1. The second kappa shape index (κ2) is 6.24. The standard InChI is InChI=1S/C22H34N2O2/c1-23(14-22-11-15-8-16(12-22)10-17(9-15)13-22)20(25)19-4-6-24(7-5-19)21(26)18-2-3-18/h15-19H,2-14H2,1H3. The topological polar surface area (TPSA) is 40.6 Å². The maximum atomic E-state index is 13.1. The number of carbonyl (C=O) groups is 2. The second-order valence-corrected chi connectivity index (χ2v) is 10.5. The lowest BCUT2D eigenvalue weighted by Crippen LogP contribution is -2.52. The minimum atomic E-state index is 0.136. The number of nitrogens with zero attached hydrogens (tertiary/aromatic N) is 2. The smallest absolute Gasteiger partial charge is 0.225 e. The summed E-state index contributed by atoms with van der Waals surface area (Å²) in [5, 5.41) is 0. The van der Waals surface area contributed by atoms with E-state index in [1.165, 1.54) is 38.5 Å². The molecule has 4 heteroatoms. The van der Waals surface area contributed by atoms with E-state index >= 15 is 0 Å². The summed E-state index contributed by atoms with van der Waals surface area (Å²) in [5.41, 5.74) is 0.432. The van der Waals surface area contributed by atoms with Crippen LogP contribution < -0.4 is 0 Å². The summed E-state index contributed by atoms with van der Waals surface area (Å²) in [4.78, 5) is 29.4. The number of likely N-dealkylation sites (tertiary alicyclic amines) is 1. The molecule has 0 atom stereocenters. The van der Waals surface area contributed by atoms with Crippen molar-refractivity contribution in [2.75, 3.05) is 26.7 Å². The maximum absolute atomic E-state index is 13.1. The lowest BCUT2D eigenvalue weighted by molar-refractivity contribution is -0.143. The van der Waals surface area contributed by atoms with Gasteiger partial charge in [-0.3, -0.25) is 9.59 Å². The fraction of sp³-hybridized carbons (Fsp3) is 0.909. The first-order valence-corrected chi connectivity index (χ1v) is 11.1.